The number of hydrogen-bond donors (Lipinski definition) is 0. The minimum Gasteiger partial charge on any atom is -0.573 e. The normalized spacial score (nSPS) is 13.3. The molecule has 6 nitrogen and oxygen atoms in total. The molecular weight excluding hydrogens is 916 g/mol. The van der Waals surface area contributed by atoms with Gasteiger partial charge in [-0.05, 0) is 101 Å². The predicted octanol–water partition coefficient (Wildman–Crippen LogP) is 13.1. The Labute approximate surface area is 366 Å². The molecular formula is C53H46N6Pt. The van der Waals surface area contributed by atoms with Crippen LogP contribution in [-0.4, -0.2) is 19.6 Å². The summed E-state index contributed by atoms with van der Waals surface area (Å²) in [5.41, 5.74) is 16.4. The van der Waals surface area contributed by atoms with E-state index < -0.39 is 0 Å². The van der Waals surface area contributed by atoms with Crippen molar-refractivity contribution in [1.29, 1.82) is 0 Å². The second-order valence-corrected chi connectivity index (χ2v) is 17.6. The summed E-state index contributed by atoms with van der Waals surface area (Å²) in [4.78, 5) is 12.9. The summed E-state index contributed by atoms with van der Waals surface area (Å²) in [6.07, 6.45) is 1.93. The number of benzene rings is 5. The van der Waals surface area contributed by atoms with E-state index in [1.807, 2.05) is 12.3 Å². The number of anilines is 3. The number of para-hydroxylation sites is 2. The van der Waals surface area contributed by atoms with E-state index in [0.29, 0.717) is 0 Å². The molecule has 0 saturated carbocycles. The van der Waals surface area contributed by atoms with Crippen LogP contribution in [0.25, 0.3) is 61.4 Å². The van der Waals surface area contributed by atoms with E-state index in [1.165, 1.54) is 27.8 Å². The van der Waals surface area contributed by atoms with E-state index in [-0.39, 0.29) is 31.9 Å². The van der Waals surface area contributed by atoms with Crippen LogP contribution in [0.3, 0.4) is 0 Å². The van der Waals surface area contributed by atoms with Gasteiger partial charge in [-0.3, -0.25) is 0 Å². The maximum absolute atomic E-state index is 5.63. The number of hydrogen-bond acceptors (Lipinski definition) is 4. The predicted molar refractivity (Wildman–Crippen MR) is 242 cm³/mol. The zero-order valence-electron chi connectivity index (χ0n) is 35.2. The van der Waals surface area contributed by atoms with Crippen LogP contribution >= 0.6 is 0 Å². The van der Waals surface area contributed by atoms with Crippen LogP contribution < -0.4 is 10.00 Å². The molecule has 0 unspecified atom stereocenters. The minimum atomic E-state index is -0.329. The molecule has 0 spiro atoms. The number of pyridine rings is 2. The minimum absolute atomic E-state index is 0. The van der Waals surface area contributed by atoms with Crippen LogP contribution in [0, 0.1) is 26.8 Å². The van der Waals surface area contributed by atoms with Crippen LogP contribution in [0.5, 0.6) is 0 Å². The van der Waals surface area contributed by atoms with E-state index in [2.05, 4.69) is 192 Å². The van der Waals surface area contributed by atoms with Gasteiger partial charge in [0.2, 0.25) is 0 Å². The first-order chi connectivity index (χ1) is 28.4. The van der Waals surface area contributed by atoms with Gasteiger partial charge in [0.15, 0.2) is 0 Å². The monoisotopic (exact) mass is 961 g/mol. The smallest absolute Gasteiger partial charge is 0.573 e. The van der Waals surface area contributed by atoms with Crippen LogP contribution in [-0.2, 0) is 31.9 Å². The largest absolute Gasteiger partial charge is 2.00 e. The second kappa shape index (κ2) is 14.6. The standard InChI is InChI=1S/C53H46N6.Pt/c1-32-28-33(2)47(34(3)29-32)48-49(35-16-10-9-11-17-35)56-57-50(48)42-25-24-41-51(55-42)58(44-21-15-13-19-40(44)53(41,7)8)37-22-23-39-38-18-12-14-20-43(38)59(45(39)31-37)46-30-36(26-27-54-46)52(4,5)6;/h9-30H,1-8H3;/q-2;+2. The third kappa shape index (κ3) is 6.23. The van der Waals surface area contributed by atoms with E-state index >= 15 is 0 Å². The topological polar surface area (TPSA) is 60.9 Å². The number of nitrogens with zero attached hydrogens (tertiary/aromatic N) is 6. The zero-order chi connectivity index (χ0) is 40.8. The van der Waals surface area contributed by atoms with Gasteiger partial charge in [-0.25, -0.2) is 9.97 Å². The fourth-order valence-electron chi connectivity index (χ4n) is 9.30. The van der Waals surface area contributed by atoms with Gasteiger partial charge >= 0.3 is 21.1 Å². The molecule has 0 radical (unpaired) electrons. The SMILES string of the molecule is Cc1cc(C)c(-c2c(-c3ccccc3)n[n-]c2-c2ccc3c(n2)N(c2[c-]c4c(cc2)c2ccccc2n4-c2cc(C(C)(C)C)ccn2)c2ccccc2C3(C)C)c(C)c1.[Pt+2]. The zero-order valence-corrected chi connectivity index (χ0v) is 37.5. The molecule has 9 aromatic rings. The van der Waals surface area contributed by atoms with Gasteiger partial charge in [-0.2, -0.15) is 6.07 Å². The Balaban J connectivity index is 0.00000462. The third-order valence-corrected chi connectivity index (χ3v) is 12.2. The first-order valence-electron chi connectivity index (χ1n) is 20.4. The molecule has 0 fully saturated rings. The van der Waals surface area contributed by atoms with Crippen LogP contribution in [0.15, 0.2) is 134 Å². The Kier molecular flexibility index (Phi) is 9.56. The summed E-state index contributed by atoms with van der Waals surface area (Å²) in [5, 5.41) is 12.1. The summed E-state index contributed by atoms with van der Waals surface area (Å²) in [6, 6.07) is 49.2. The van der Waals surface area contributed by atoms with Gasteiger partial charge in [0, 0.05) is 28.4 Å². The number of rotatable bonds is 5. The Hall–Kier alpha value is -6.10. The summed E-state index contributed by atoms with van der Waals surface area (Å²) in [5.74, 6) is 1.72. The van der Waals surface area contributed by atoms with Crippen LogP contribution in [0.1, 0.15) is 68.0 Å². The van der Waals surface area contributed by atoms with Crippen molar-refractivity contribution in [1.82, 2.24) is 24.7 Å². The van der Waals surface area contributed by atoms with Crippen molar-refractivity contribution in [2.75, 3.05) is 4.90 Å². The molecule has 1 aliphatic rings. The van der Waals surface area contributed by atoms with Crippen molar-refractivity contribution in [3.63, 3.8) is 0 Å². The Bertz CT molecular complexity index is 3090. The summed E-state index contributed by atoms with van der Waals surface area (Å²) in [7, 11) is 0. The van der Waals surface area contributed by atoms with E-state index in [1.54, 1.807) is 0 Å². The van der Waals surface area contributed by atoms with E-state index in [9.17, 15) is 0 Å². The number of fused-ring (bicyclic) bond motifs is 5. The average Bonchev–Trinajstić information content (AvgIpc) is 3.80. The number of aromatic nitrogens is 5. The first-order valence-corrected chi connectivity index (χ1v) is 20.4. The first kappa shape index (κ1) is 39.4. The van der Waals surface area contributed by atoms with Crippen molar-refractivity contribution >= 4 is 39.0 Å². The summed E-state index contributed by atoms with van der Waals surface area (Å²) < 4.78 is 2.26. The summed E-state index contributed by atoms with van der Waals surface area (Å²) >= 11 is 0. The van der Waals surface area contributed by atoms with Crippen molar-refractivity contribution in [3.05, 3.63) is 173 Å². The van der Waals surface area contributed by atoms with Crippen LogP contribution in [0.2, 0.25) is 0 Å². The molecule has 60 heavy (non-hydrogen) atoms. The molecule has 298 valence electrons. The maximum Gasteiger partial charge on any atom is 2.00 e. The van der Waals surface area contributed by atoms with Crippen molar-refractivity contribution in [2.24, 2.45) is 0 Å². The van der Waals surface area contributed by atoms with Crippen molar-refractivity contribution in [3.8, 4) is 39.6 Å². The molecule has 7 heteroatoms. The van der Waals surface area contributed by atoms with E-state index in [0.717, 1.165) is 84.2 Å². The molecule has 0 aliphatic carbocycles. The number of aryl methyl sites for hydroxylation is 3. The average molecular weight is 962 g/mol. The van der Waals surface area contributed by atoms with E-state index in [4.69, 9.17) is 20.2 Å². The molecule has 0 saturated heterocycles. The molecule has 0 N–H and O–H groups in total. The van der Waals surface area contributed by atoms with Gasteiger partial charge in [0.05, 0.1) is 11.4 Å². The second-order valence-electron chi connectivity index (χ2n) is 17.6. The van der Waals surface area contributed by atoms with Gasteiger partial charge in [-0.15, -0.1) is 17.5 Å². The molecule has 0 bridgehead atoms. The van der Waals surface area contributed by atoms with Crippen molar-refractivity contribution in [2.45, 2.75) is 66.2 Å². The van der Waals surface area contributed by atoms with Gasteiger partial charge in [0.25, 0.3) is 0 Å². The maximum atomic E-state index is 5.63. The molecule has 0 atom stereocenters. The Morgan fingerprint density at radius 1 is 0.700 bits per heavy atom. The molecule has 4 aromatic heterocycles. The molecule has 10 rings (SSSR count). The quantitative estimate of drug-likeness (QED) is 0.161. The Morgan fingerprint density at radius 3 is 2.18 bits per heavy atom. The fourth-order valence-corrected chi connectivity index (χ4v) is 9.30. The molecule has 0 amide bonds. The molecule has 5 aromatic carbocycles. The fraction of sp³-hybridized carbons (Fsp3) is 0.189. The van der Waals surface area contributed by atoms with Crippen molar-refractivity contribution < 1.29 is 21.1 Å². The van der Waals surface area contributed by atoms with Gasteiger partial charge in [-0.1, -0.05) is 142 Å². The Morgan fingerprint density at radius 2 is 1.42 bits per heavy atom. The molecule has 1 aliphatic heterocycles. The molecule has 5 heterocycles. The summed E-state index contributed by atoms with van der Waals surface area (Å²) in [6.45, 7) is 17.8. The van der Waals surface area contributed by atoms with Gasteiger partial charge in [0.1, 0.15) is 11.6 Å². The van der Waals surface area contributed by atoms with Crippen LogP contribution in [0.4, 0.5) is 17.2 Å². The third-order valence-electron chi connectivity index (χ3n) is 12.2. The van der Waals surface area contributed by atoms with Gasteiger partial charge < -0.3 is 19.7 Å².